The van der Waals surface area contributed by atoms with E-state index >= 15 is 0 Å². The van der Waals surface area contributed by atoms with Gasteiger partial charge in [-0.05, 0) is 12.1 Å². The fraction of sp³-hybridized carbons (Fsp3) is 0.375. The van der Waals surface area contributed by atoms with Gasteiger partial charge in [0, 0.05) is 6.20 Å². The van der Waals surface area contributed by atoms with E-state index < -0.39 is 12.3 Å². The lowest BCUT2D eigenvalue weighted by Crippen LogP contribution is -2.21. The number of ether oxygens (including phenoxy) is 1. The molecule has 0 aliphatic rings. The molecule has 1 aromatic rings. The largest absolute Gasteiger partial charge is 0.481 e. The van der Waals surface area contributed by atoms with Crippen LogP contribution >= 0.6 is 0 Å². The van der Waals surface area contributed by atoms with Crippen LogP contribution in [0.4, 0.5) is 13.2 Å². The second-order valence-corrected chi connectivity index (χ2v) is 2.55. The first-order chi connectivity index (χ1) is 6.46. The maximum atomic E-state index is 12.1. The summed E-state index contributed by atoms with van der Waals surface area (Å²) in [7, 11) is 1.19. The average Bonchev–Trinajstić information content (AvgIpc) is 2.15. The molecule has 0 amide bonds. The Bertz CT molecular complexity index is 314. The highest BCUT2D eigenvalue weighted by molar-refractivity contribution is 5.28. The summed E-state index contributed by atoms with van der Waals surface area (Å²) in [5.74, 6) is -0.225. The Kier molecular flexibility index (Phi) is 2.95. The zero-order valence-electron chi connectivity index (χ0n) is 7.25. The highest BCUT2D eigenvalue weighted by atomic mass is 19.4. The van der Waals surface area contributed by atoms with Crippen molar-refractivity contribution in [2.24, 2.45) is 0 Å². The molecule has 1 aromatic heterocycles. The van der Waals surface area contributed by atoms with E-state index in [1.807, 2.05) is 0 Å². The smallest absolute Gasteiger partial charge is 0.418 e. The highest BCUT2D eigenvalue weighted by Crippen LogP contribution is 2.35. The minimum absolute atomic E-state index is 0.225. The molecule has 14 heavy (non-hydrogen) atoms. The Morgan fingerprint density at radius 1 is 1.50 bits per heavy atom. The van der Waals surface area contributed by atoms with E-state index in [-0.39, 0.29) is 11.4 Å². The number of hydrogen-bond acceptors (Lipinski definition) is 3. The van der Waals surface area contributed by atoms with Gasteiger partial charge in [0.05, 0.1) is 12.7 Å². The molecule has 1 rings (SSSR count). The summed E-state index contributed by atoms with van der Waals surface area (Å²) < 4.78 is 40.9. The first-order valence-electron chi connectivity index (χ1n) is 3.70. The van der Waals surface area contributed by atoms with Gasteiger partial charge in [0.2, 0.25) is 5.88 Å². The van der Waals surface area contributed by atoms with Crippen molar-refractivity contribution in [3.8, 4) is 5.88 Å². The van der Waals surface area contributed by atoms with Crippen molar-refractivity contribution in [1.82, 2.24) is 4.98 Å². The van der Waals surface area contributed by atoms with Gasteiger partial charge >= 0.3 is 6.18 Å². The third kappa shape index (κ3) is 2.14. The van der Waals surface area contributed by atoms with Crippen LogP contribution in [0, 0.1) is 0 Å². The summed E-state index contributed by atoms with van der Waals surface area (Å²) >= 11 is 0. The average molecular weight is 207 g/mol. The monoisotopic (exact) mass is 207 g/mol. The molecule has 0 saturated heterocycles. The maximum absolute atomic E-state index is 12.1. The van der Waals surface area contributed by atoms with E-state index in [9.17, 15) is 13.2 Å². The van der Waals surface area contributed by atoms with E-state index in [1.54, 1.807) is 0 Å². The summed E-state index contributed by atoms with van der Waals surface area (Å²) in [6.07, 6.45) is -5.99. The molecule has 0 spiro atoms. The first-order valence-corrected chi connectivity index (χ1v) is 3.70. The van der Waals surface area contributed by atoms with E-state index in [4.69, 9.17) is 5.11 Å². The van der Waals surface area contributed by atoms with E-state index in [1.165, 1.54) is 19.4 Å². The van der Waals surface area contributed by atoms with Gasteiger partial charge in [-0.2, -0.15) is 13.2 Å². The summed E-state index contributed by atoms with van der Waals surface area (Å²) in [6.45, 7) is 0. The van der Waals surface area contributed by atoms with Crippen molar-refractivity contribution in [3.05, 3.63) is 23.9 Å². The molecule has 0 bridgehead atoms. The minimum Gasteiger partial charge on any atom is -0.481 e. The molecule has 3 nitrogen and oxygen atoms in total. The van der Waals surface area contributed by atoms with Crippen molar-refractivity contribution >= 4 is 0 Å². The van der Waals surface area contributed by atoms with Gasteiger partial charge in [-0.3, -0.25) is 0 Å². The van der Waals surface area contributed by atoms with Crippen LogP contribution in [0.3, 0.4) is 0 Å². The summed E-state index contributed by atoms with van der Waals surface area (Å²) in [6, 6.07) is 2.41. The lowest BCUT2D eigenvalue weighted by molar-refractivity contribution is -0.207. The standard InChI is InChI=1S/C8H8F3NO2/c1-14-7-5(3-2-4-12-7)6(13)8(9,10)11/h2-4,6,13H,1H3/t6-/m0/s1. The van der Waals surface area contributed by atoms with Crippen molar-refractivity contribution in [2.75, 3.05) is 7.11 Å². The van der Waals surface area contributed by atoms with Gasteiger partial charge in [0.25, 0.3) is 0 Å². The normalized spacial score (nSPS) is 13.8. The Labute approximate surface area is 78.2 Å². The number of hydrogen-bond donors (Lipinski definition) is 1. The molecule has 1 atom stereocenters. The lowest BCUT2D eigenvalue weighted by atomic mass is 10.1. The summed E-state index contributed by atoms with van der Waals surface area (Å²) in [5, 5.41) is 8.92. The minimum atomic E-state index is -4.71. The first kappa shape index (κ1) is 10.8. The summed E-state index contributed by atoms with van der Waals surface area (Å²) in [4.78, 5) is 3.55. The number of aliphatic hydroxyl groups excluding tert-OH is 1. The Morgan fingerprint density at radius 2 is 2.14 bits per heavy atom. The van der Waals surface area contributed by atoms with E-state index in [2.05, 4.69) is 9.72 Å². The molecule has 0 unspecified atom stereocenters. The molecule has 6 heteroatoms. The molecule has 0 aromatic carbocycles. The van der Waals surface area contributed by atoms with Crippen LogP contribution in [0.2, 0.25) is 0 Å². The second-order valence-electron chi connectivity index (χ2n) is 2.55. The molecule has 1 N–H and O–H groups in total. The van der Waals surface area contributed by atoms with Gasteiger partial charge in [0.15, 0.2) is 6.10 Å². The number of nitrogens with zero attached hydrogens (tertiary/aromatic N) is 1. The number of aromatic nitrogens is 1. The molecule has 0 radical (unpaired) electrons. The third-order valence-electron chi connectivity index (χ3n) is 1.60. The van der Waals surface area contributed by atoms with E-state index in [0.29, 0.717) is 0 Å². The van der Waals surface area contributed by atoms with Gasteiger partial charge in [-0.1, -0.05) is 0 Å². The fourth-order valence-corrected chi connectivity index (χ4v) is 0.958. The van der Waals surface area contributed by atoms with Crippen LogP contribution in [0.5, 0.6) is 5.88 Å². The molecule has 0 aliphatic carbocycles. The Morgan fingerprint density at radius 3 is 2.64 bits per heavy atom. The Hall–Kier alpha value is -1.30. The van der Waals surface area contributed by atoms with Gasteiger partial charge in [-0.25, -0.2) is 4.98 Å². The van der Waals surface area contributed by atoms with Crippen LogP contribution in [0.1, 0.15) is 11.7 Å². The number of halogens is 3. The van der Waals surface area contributed by atoms with Gasteiger partial charge in [-0.15, -0.1) is 0 Å². The van der Waals surface area contributed by atoms with Crippen molar-refractivity contribution in [3.63, 3.8) is 0 Å². The van der Waals surface area contributed by atoms with Crippen LogP contribution in [0.25, 0.3) is 0 Å². The number of alkyl halides is 3. The molecular weight excluding hydrogens is 199 g/mol. The Balaban J connectivity index is 3.06. The quantitative estimate of drug-likeness (QED) is 0.802. The predicted octanol–water partition coefficient (Wildman–Crippen LogP) is 1.69. The van der Waals surface area contributed by atoms with Crippen LogP contribution in [-0.2, 0) is 0 Å². The van der Waals surface area contributed by atoms with Crippen LogP contribution in [0.15, 0.2) is 18.3 Å². The van der Waals surface area contributed by atoms with Crippen molar-refractivity contribution in [2.45, 2.75) is 12.3 Å². The number of pyridine rings is 1. The van der Waals surface area contributed by atoms with Crippen molar-refractivity contribution < 1.29 is 23.0 Å². The zero-order chi connectivity index (χ0) is 10.8. The van der Waals surface area contributed by atoms with Gasteiger partial charge in [0.1, 0.15) is 0 Å². The molecule has 0 saturated carbocycles. The number of rotatable bonds is 2. The second kappa shape index (κ2) is 3.83. The molecular formula is C8H8F3NO2. The van der Waals surface area contributed by atoms with Gasteiger partial charge < -0.3 is 9.84 Å². The topological polar surface area (TPSA) is 42.4 Å². The van der Waals surface area contributed by atoms with E-state index in [0.717, 1.165) is 6.07 Å². The molecule has 0 aliphatic heterocycles. The number of methoxy groups -OCH3 is 1. The molecule has 0 fully saturated rings. The maximum Gasteiger partial charge on any atom is 0.418 e. The fourth-order valence-electron chi connectivity index (χ4n) is 0.958. The zero-order valence-corrected chi connectivity index (χ0v) is 7.25. The van der Waals surface area contributed by atoms with Crippen LogP contribution < -0.4 is 4.74 Å². The third-order valence-corrected chi connectivity index (χ3v) is 1.60. The molecule has 78 valence electrons. The molecule has 1 heterocycles. The van der Waals surface area contributed by atoms with Crippen LogP contribution in [-0.4, -0.2) is 23.4 Å². The summed E-state index contributed by atoms with van der Waals surface area (Å²) in [5.41, 5.74) is -0.387. The highest BCUT2D eigenvalue weighted by Gasteiger charge is 2.41. The number of aliphatic hydroxyl groups is 1. The SMILES string of the molecule is COc1ncccc1[C@H](O)C(F)(F)F. The van der Waals surface area contributed by atoms with Crippen molar-refractivity contribution in [1.29, 1.82) is 0 Å². The predicted molar refractivity (Wildman–Crippen MR) is 41.8 cm³/mol. The lowest BCUT2D eigenvalue weighted by Gasteiger charge is -2.16.